The van der Waals surface area contributed by atoms with Gasteiger partial charge in [-0.3, -0.25) is 0 Å². The monoisotopic (exact) mass is 547 g/mol. The van der Waals surface area contributed by atoms with Crippen molar-refractivity contribution in [1.29, 1.82) is 0 Å². The molecule has 1 fully saturated rings. The minimum absolute atomic E-state index is 0.225. The Balaban J connectivity index is 1.59. The predicted molar refractivity (Wildman–Crippen MR) is 161 cm³/mol. The van der Waals surface area contributed by atoms with E-state index in [-0.39, 0.29) is 6.09 Å². The molecule has 0 spiro atoms. The molecule has 0 bridgehead atoms. The van der Waals surface area contributed by atoms with E-state index in [0.29, 0.717) is 24.9 Å². The number of halogens is 1. The standard InChI is InChI=1S/C33H42ClN3O2/c1-33(2,3)39-32(38)37-22-28(19-25-10-7-6-8-11-25)29(24-37)23-36(31-16-14-30(34)15-17-31)21-27-13-9-12-26(18-27)20-35(4)5/h6-18,28-29H,19-24H2,1-5H3/t28-,29-/m0/s1. The Morgan fingerprint density at radius 3 is 2.13 bits per heavy atom. The van der Waals surface area contributed by atoms with Crippen LogP contribution in [-0.2, 0) is 24.2 Å². The van der Waals surface area contributed by atoms with Crippen molar-refractivity contribution in [3.05, 3.63) is 101 Å². The maximum Gasteiger partial charge on any atom is 0.410 e. The molecule has 1 saturated heterocycles. The smallest absolute Gasteiger partial charge is 0.410 e. The topological polar surface area (TPSA) is 36.0 Å². The van der Waals surface area contributed by atoms with Gasteiger partial charge in [0.15, 0.2) is 0 Å². The number of likely N-dealkylation sites (tertiary alicyclic amines) is 1. The minimum atomic E-state index is -0.517. The van der Waals surface area contributed by atoms with Crippen molar-refractivity contribution in [3.63, 3.8) is 0 Å². The third-order valence-corrected chi connectivity index (χ3v) is 7.33. The van der Waals surface area contributed by atoms with Crippen LogP contribution in [0.4, 0.5) is 10.5 Å². The summed E-state index contributed by atoms with van der Waals surface area (Å²) in [6.45, 7) is 9.66. The zero-order valence-corrected chi connectivity index (χ0v) is 24.7. The van der Waals surface area contributed by atoms with Gasteiger partial charge in [0.2, 0.25) is 0 Å². The maximum atomic E-state index is 13.1. The van der Waals surface area contributed by atoms with E-state index in [1.165, 1.54) is 16.7 Å². The molecule has 0 N–H and O–H groups in total. The quantitative estimate of drug-likeness (QED) is 0.285. The van der Waals surface area contributed by atoms with Crippen molar-refractivity contribution < 1.29 is 9.53 Å². The van der Waals surface area contributed by atoms with Gasteiger partial charge >= 0.3 is 6.09 Å². The first kappa shape index (κ1) is 29.0. The summed E-state index contributed by atoms with van der Waals surface area (Å²) in [7, 11) is 4.19. The maximum absolute atomic E-state index is 13.1. The normalized spacial score (nSPS) is 17.5. The van der Waals surface area contributed by atoms with Crippen LogP contribution in [0.1, 0.15) is 37.5 Å². The van der Waals surface area contributed by atoms with Crippen LogP contribution >= 0.6 is 11.6 Å². The van der Waals surface area contributed by atoms with Gasteiger partial charge in [0.1, 0.15) is 5.60 Å². The number of hydrogen-bond acceptors (Lipinski definition) is 4. The van der Waals surface area contributed by atoms with Crippen LogP contribution in [0.25, 0.3) is 0 Å². The Hall–Kier alpha value is -3.02. The number of nitrogens with zero attached hydrogens (tertiary/aromatic N) is 3. The number of ether oxygens (including phenoxy) is 1. The first-order valence-electron chi connectivity index (χ1n) is 13.8. The van der Waals surface area contributed by atoms with Gasteiger partial charge in [-0.1, -0.05) is 66.2 Å². The highest BCUT2D eigenvalue weighted by atomic mass is 35.5. The molecule has 4 rings (SSSR count). The summed E-state index contributed by atoms with van der Waals surface area (Å²) in [5.74, 6) is 0.619. The lowest BCUT2D eigenvalue weighted by Gasteiger charge is -2.30. The molecular formula is C33H42ClN3O2. The van der Waals surface area contributed by atoms with Gasteiger partial charge in [-0.15, -0.1) is 0 Å². The molecule has 5 nitrogen and oxygen atoms in total. The van der Waals surface area contributed by atoms with Crippen molar-refractivity contribution in [3.8, 4) is 0 Å². The third kappa shape index (κ3) is 8.74. The SMILES string of the molecule is CN(C)Cc1cccc(CN(C[C@H]2CN(C(=O)OC(C)(C)C)C[C@@H]2Cc2ccccc2)c2ccc(Cl)cc2)c1. The largest absolute Gasteiger partial charge is 0.444 e. The van der Waals surface area contributed by atoms with E-state index in [9.17, 15) is 4.79 Å². The Morgan fingerprint density at radius 1 is 0.872 bits per heavy atom. The number of hydrogen-bond donors (Lipinski definition) is 0. The summed E-state index contributed by atoms with van der Waals surface area (Å²) in [5.41, 5.74) is 4.48. The van der Waals surface area contributed by atoms with Gasteiger partial charge in [-0.25, -0.2) is 4.79 Å². The van der Waals surface area contributed by atoms with Gasteiger partial charge in [0.05, 0.1) is 0 Å². The van der Waals surface area contributed by atoms with Gasteiger partial charge < -0.3 is 19.4 Å². The third-order valence-electron chi connectivity index (χ3n) is 7.08. The van der Waals surface area contributed by atoms with Gasteiger partial charge in [-0.2, -0.15) is 0 Å². The van der Waals surface area contributed by atoms with E-state index >= 15 is 0 Å². The number of amides is 1. The fraction of sp³-hybridized carbons (Fsp3) is 0.424. The van der Waals surface area contributed by atoms with Crippen LogP contribution in [0.15, 0.2) is 78.9 Å². The minimum Gasteiger partial charge on any atom is -0.444 e. The van der Waals surface area contributed by atoms with E-state index in [1.807, 2.05) is 37.8 Å². The average Bonchev–Trinajstić information content (AvgIpc) is 3.26. The molecule has 1 amide bonds. The Labute approximate surface area is 239 Å². The summed E-state index contributed by atoms with van der Waals surface area (Å²) in [6.07, 6.45) is 0.704. The second-order valence-electron chi connectivity index (χ2n) is 12.0. The van der Waals surface area contributed by atoms with Crippen molar-refractivity contribution in [2.45, 2.75) is 45.9 Å². The van der Waals surface area contributed by atoms with Crippen LogP contribution in [0.3, 0.4) is 0 Å². The van der Waals surface area contributed by atoms with Gasteiger partial charge in [0.25, 0.3) is 0 Å². The summed E-state index contributed by atoms with van der Waals surface area (Å²) < 4.78 is 5.77. The lowest BCUT2D eigenvalue weighted by molar-refractivity contribution is 0.0284. The molecule has 1 aliphatic rings. The Bertz CT molecular complexity index is 1210. The summed E-state index contributed by atoms with van der Waals surface area (Å²) in [4.78, 5) is 19.6. The number of benzene rings is 3. The molecule has 3 aromatic carbocycles. The van der Waals surface area contributed by atoms with Crippen molar-refractivity contribution in [2.75, 3.05) is 38.6 Å². The lowest BCUT2D eigenvalue weighted by Crippen LogP contribution is -2.36. The summed E-state index contributed by atoms with van der Waals surface area (Å²) >= 11 is 6.25. The summed E-state index contributed by atoms with van der Waals surface area (Å²) in [5, 5.41) is 0.727. The second kappa shape index (κ2) is 12.9. The number of carbonyl (C=O) groups excluding carboxylic acids is 1. The van der Waals surface area contributed by atoms with Crippen LogP contribution in [-0.4, -0.2) is 55.2 Å². The molecule has 1 heterocycles. The lowest BCUT2D eigenvalue weighted by atomic mass is 9.89. The Kier molecular flexibility index (Phi) is 9.58. The van der Waals surface area contributed by atoms with E-state index in [4.69, 9.17) is 16.3 Å². The van der Waals surface area contributed by atoms with Crippen molar-refractivity contribution >= 4 is 23.4 Å². The Morgan fingerprint density at radius 2 is 1.49 bits per heavy atom. The number of carbonyl (C=O) groups is 1. The first-order chi connectivity index (χ1) is 18.6. The highest BCUT2D eigenvalue weighted by molar-refractivity contribution is 6.30. The molecule has 0 aliphatic carbocycles. The van der Waals surface area contributed by atoms with Crippen LogP contribution in [0, 0.1) is 11.8 Å². The second-order valence-corrected chi connectivity index (χ2v) is 12.4. The molecule has 0 unspecified atom stereocenters. The molecular weight excluding hydrogens is 506 g/mol. The van der Waals surface area contributed by atoms with E-state index < -0.39 is 5.60 Å². The first-order valence-corrected chi connectivity index (χ1v) is 14.2. The van der Waals surface area contributed by atoms with Crippen molar-refractivity contribution in [2.24, 2.45) is 11.8 Å². The fourth-order valence-corrected chi connectivity index (χ4v) is 5.50. The van der Waals surface area contributed by atoms with Gasteiger partial charge in [0, 0.05) is 43.4 Å². The predicted octanol–water partition coefficient (Wildman–Crippen LogP) is 7.13. The number of rotatable bonds is 9. The van der Waals surface area contributed by atoms with Crippen LogP contribution < -0.4 is 4.90 Å². The van der Waals surface area contributed by atoms with Crippen LogP contribution in [0.5, 0.6) is 0 Å². The zero-order chi connectivity index (χ0) is 28.0. The molecule has 2 atom stereocenters. The molecule has 0 radical (unpaired) electrons. The molecule has 3 aromatic rings. The molecule has 208 valence electrons. The van der Waals surface area contributed by atoms with Gasteiger partial charge in [-0.05, 0) is 94.1 Å². The van der Waals surface area contributed by atoms with E-state index in [1.54, 1.807) is 0 Å². The van der Waals surface area contributed by atoms with E-state index in [2.05, 4.69) is 90.6 Å². The average molecular weight is 548 g/mol. The zero-order valence-electron chi connectivity index (χ0n) is 23.9. The highest BCUT2D eigenvalue weighted by Gasteiger charge is 2.38. The molecule has 0 aromatic heterocycles. The summed E-state index contributed by atoms with van der Waals surface area (Å²) in [6, 6.07) is 27.5. The molecule has 39 heavy (non-hydrogen) atoms. The van der Waals surface area contributed by atoms with E-state index in [0.717, 1.165) is 36.8 Å². The van der Waals surface area contributed by atoms with Crippen molar-refractivity contribution in [1.82, 2.24) is 9.80 Å². The molecule has 1 aliphatic heterocycles. The van der Waals surface area contributed by atoms with Crippen LogP contribution in [0.2, 0.25) is 5.02 Å². The highest BCUT2D eigenvalue weighted by Crippen LogP contribution is 2.31. The fourth-order valence-electron chi connectivity index (χ4n) is 5.38. The molecule has 6 heteroatoms. The number of anilines is 1. The molecule has 0 saturated carbocycles.